The first-order valence-electron chi connectivity index (χ1n) is 4.63. The van der Waals surface area contributed by atoms with Crippen LogP contribution in [-0.2, 0) is 10.0 Å². The Kier molecular flexibility index (Phi) is 3.74. The highest BCUT2D eigenvalue weighted by Crippen LogP contribution is 2.20. The van der Waals surface area contributed by atoms with Crippen molar-refractivity contribution in [3.05, 3.63) is 23.8 Å². The van der Waals surface area contributed by atoms with Gasteiger partial charge in [-0.15, -0.1) is 6.42 Å². The molecule has 1 aromatic carbocycles. The zero-order valence-electron chi connectivity index (χ0n) is 9.21. The fraction of sp³-hybridized carbons (Fsp3) is 0.182. The van der Waals surface area contributed by atoms with E-state index in [0.717, 1.165) is 4.31 Å². The van der Waals surface area contributed by atoms with Gasteiger partial charge in [-0.25, -0.2) is 8.42 Å². The molecule has 2 N–H and O–H groups in total. The van der Waals surface area contributed by atoms with E-state index in [1.54, 1.807) is 6.07 Å². The lowest BCUT2D eigenvalue weighted by Gasteiger charge is -2.15. The van der Waals surface area contributed by atoms with Crippen molar-refractivity contribution >= 4 is 15.7 Å². The number of sulfonamides is 1. The normalized spacial score (nSPS) is 10.8. The van der Waals surface area contributed by atoms with Gasteiger partial charge in [0, 0.05) is 12.7 Å². The average molecular weight is 249 g/mol. The lowest BCUT2D eigenvalue weighted by molar-refractivity contribution is 0.503. The topological polar surface area (TPSA) is 87.2 Å². The summed E-state index contributed by atoms with van der Waals surface area (Å²) in [6, 6.07) is 5.85. The molecule has 0 unspecified atom stereocenters. The first-order valence-corrected chi connectivity index (χ1v) is 6.07. The Morgan fingerprint density at radius 1 is 1.53 bits per heavy atom. The quantitative estimate of drug-likeness (QED) is 0.620. The highest BCUT2D eigenvalue weighted by molar-refractivity contribution is 7.89. The molecule has 0 aliphatic rings. The van der Waals surface area contributed by atoms with Gasteiger partial charge in [0.2, 0.25) is 10.0 Å². The number of nitrogens with two attached hydrogens (primary N) is 1. The van der Waals surface area contributed by atoms with Gasteiger partial charge in [0.25, 0.3) is 0 Å². The predicted octanol–water partition coefficient (Wildman–Crippen LogP) is 0.394. The molecule has 0 heterocycles. The van der Waals surface area contributed by atoms with Crippen molar-refractivity contribution in [2.75, 3.05) is 19.3 Å². The van der Waals surface area contributed by atoms with E-state index in [1.807, 2.05) is 0 Å². The van der Waals surface area contributed by atoms with Crippen LogP contribution in [0.4, 0.5) is 5.69 Å². The number of hydrogen-bond acceptors (Lipinski definition) is 4. The minimum atomic E-state index is -3.75. The molecule has 1 rings (SSSR count). The SMILES string of the molecule is C#CCN(C)S(=O)(=O)c1ccc(N)cc1C#N. The van der Waals surface area contributed by atoms with Gasteiger partial charge in [-0.3, -0.25) is 0 Å². The summed E-state index contributed by atoms with van der Waals surface area (Å²) in [4.78, 5) is -0.0908. The van der Waals surface area contributed by atoms with Gasteiger partial charge in [0.1, 0.15) is 11.0 Å². The van der Waals surface area contributed by atoms with Crippen LogP contribution in [0.1, 0.15) is 5.56 Å². The number of terminal acetylenes is 1. The largest absolute Gasteiger partial charge is 0.399 e. The molecule has 0 saturated heterocycles. The van der Waals surface area contributed by atoms with Gasteiger partial charge in [0.15, 0.2) is 0 Å². The minimum Gasteiger partial charge on any atom is -0.399 e. The summed E-state index contributed by atoms with van der Waals surface area (Å²) in [6.07, 6.45) is 5.06. The first kappa shape index (κ1) is 13.0. The third-order valence-electron chi connectivity index (χ3n) is 2.13. The van der Waals surface area contributed by atoms with Crippen molar-refractivity contribution in [3.63, 3.8) is 0 Å². The molecule has 0 aliphatic carbocycles. The van der Waals surface area contributed by atoms with Gasteiger partial charge in [-0.05, 0) is 18.2 Å². The summed E-state index contributed by atoms with van der Waals surface area (Å²) >= 11 is 0. The van der Waals surface area contributed by atoms with Crippen LogP contribution >= 0.6 is 0 Å². The summed E-state index contributed by atoms with van der Waals surface area (Å²) in [5, 5.41) is 8.89. The Labute approximate surface area is 101 Å². The molecule has 88 valence electrons. The van der Waals surface area contributed by atoms with E-state index in [9.17, 15) is 8.42 Å². The summed E-state index contributed by atoms with van der Waals surface area (Å²) in [5.74, 6) is 2.23. The van der Waals surface area contributed by atoms with E-state index in [0.29, 0.717) is 5.69 Å². The van der Waals surface area contributed by atoms with Gasteiger partial charge >= 0.3 is 0 Å². The summed E-state index contributed by atoms with van der Waals surface area (Å²) in [5.41, 5.74) is 5.83. The molecule has 0 radical (unpaired) electrons. The minimum absolute atomic E-state index is 0.00821. The standard InChI is InChI=1S/C11H11N3O2S/c1-3-6-14(2)17(15,16)11-5-4-10(13)7-9(11)8-12/h1,4-5,7H,6,13H2,2H3. The molecule has 0 bridgehead atoms. The Hall–Kier alpha value is -2.02. The van der Waals surface area contributed by atoms with Crippen molar-refractivity contribution in [2.45, 2.75) is 4.90 Å². The third-order valence-corrected chi connectivity index (χ3v) is 3.99. The van der Waals surface area contributed by atoms with Gasteiger partial charge < -0.3 is 5.73 Å². The Bertz CT molecular complexity index is 609. The highest BCUT2D eigenvalue weighted by atomic mass is 32.2. The Balaban J connectivity index is 3.36. The highest BCUT2D eigenvalue weighted by Gasteiger charge is 2.23. The number of nitriles is 1. The van der Waals surface area contributed by atoms with E-state index in [4.69, 9.17) is 17.4 Å². The smallest absolute Gasteiger partial charge is 0.245 e. The molecule has 0 spiro atoms. The summed E-state index contributed by atoms with van der Waals surface area (Å²) in [6.45, 7) is -0.0580. The zero-order valence-corrected chi connectivity index (χ0v) is 10.0. The van der Waals surface area contributed by atoms with E-state index >= 15 is 0 Å². The number of nitrogen functional groups attached to an aromatic ring is 1. The number of nitrogens with zero attached hydrogens (tertiary/aromatic N) is 2. The maximum atomic E-state index is 12.1. The van der Waals surface area contributed by atoms with Crippen molar-refractivity contribution in [1.82, 2.24) is 4.31 Å². The van der Waals surface area contributed by atoms with Crippen LogP contribution in [0, 0.1) is 23.7 Å². The number of anilines is 1. The molecule has 17 heavy (non-hydrogen) atoms. The van der Waals surface area contributed by atoms with Crippen molar-refractivity contribution < 1.29 is 8.42 Å². The molecular weight excluding hydrogens is 238 g/mol. The van der Waals surface area contributed by atoms with Crippen LogP contribution in [0.5, 0.6) is 0 Å². The number of hydrogen-bond donors (Lipinski definition) is 1. The van der Waals surface area contributed by atoms with E-state index in [2.05, 4.69) is 5.92 Å². The van der Waals surface area contributed by atoms with Gasteiger partial charge in [0.05, 0.1) is 12.1 Å². The first-order chi connectivity index (χ1) is 7.93. The monoisotopic (exact) mass is 249 g/mol. The maximum absolute atomic E-state index is 12.1. The van der Waals surface area contributed by atoms with Crippen molar-refractivity contribution in [1.29, 1.82) is 5.26 Å². The second-order valence-corrected chi connectivity index (χ2v) is 5.35. The number of benzene rings is 1. The lowest BCUT2D eigenvalue weighted by atomic mass is 10.2. The summed E-state index contributed by atoms with van der Waals surface area (Å²) < 4.78 is 25.1. The van der Waals surface area contributed by atoms with E-state index in [-0.39, 0.29) is 17.0 Å². The van der Waals surface area contributed by atoms with E-state index in [1.165, 1.54) is 25.2 Å². The molecule has 0 amide bonds. The Morgan fingerprint density at radius 2 is 2.18 bits per heavy atom. The molecule has 0 fully saturated rings. The van der Waals surface area contributed by atoms with E-state index < -0.39 is 10.0 Å². The lowest BCUT2D eigenvalue weighted by Crippen LogP contribution is -2.27. The predicted molar refractivity (Wildman–Crippen MR) is 64.2 cm³/mol. The molecule has 1 aromatic rings. The molecular formula is C11H11N3O2S. The maximum Gasteiger partial charge on any atom is 0.245 e. The molecule has 0 aliphatic heterocycles. The van der Waals surface area contributed by atoms with Gasteiger partial charge in [-0.1, -0.05) is 5.92 Å². The van der Waals surface area contributed by atoms with Gasteiger partial charge in [-0.2, -0.15) is 9.57 Å². The van der Waals surface area contributed by atoms with Crippen LogP contribution in [0.25, 0.3) is 0 Å². The molecule has 0 aromatic heterocycles. The third kappa shape index (κ3) is 2.56. The van der Waals surface area contributed by atoms with Crippen LogP contribution in [0.3, 0.4) is 0 Å². The second kappa shape index (κ2) is 4.88. The molecule has 0 saturated carbocycles. The van der Waals surface area contributed by atoms with Crippen molar-refractivity contribution in [2.24, 2.45) is 0 Å². The molecule has 6 heteroatoms. The molecule has 0 atom stereocenters. The van der Waals surface area contributed by atoms with Crippen LogP contribution in [-0.4, -0.2) is 26.3 Å². The number of rotatable bonds is 3. The summed E-state index contributed by atoms with van der Waals surface area (Å²) in [7, 11) is -2.39. The fourth-order valence-corrected chi connectivity index (χ4v) is 2.44. The second-order valence-electron chi connectivity index (χ2n) is 3.33. The van der Waals surface area contributed by atoms with Crippen LogP contribution in [0.15, 0.2) is 23.1 Å². The van der Waals surface area contributed by atoms with Crippen LogP contribution in [0.2, 0.25) is 0 Å². The van der Waals surface area contributed by atoms with Crippen LogP contribution < -0.4 is 5.73 Å². The fourth-order valence-electron chi connectivity index (χ4n) is 1.24. The zero-order chi connectivity index (χ0) is 13.1. The molecule has 5 nitrogen and oxygen atoms in total. The van der Waals surface area contributed by atoms with Crippen molar-refractivity contribution in [3.8, 4) is 18.4 Å². The average Bonchev–Trinajstić information content (AvgIpc) is 2.28. The Morgan fingerprint density at radius 3 is 2.71 bits per heavy atom.